The summed E-state index contributed by atoms with van der Waals surface area (Å²) in [4.78, 5) is 65.1. The third kappa shape index (κ3) is 15.6. The van der Waals surface area contributed by atoms with Gasteiger partial charge in [0.1, 0.15) is 34.9 Å². The molecule has 1 saturated heterocycles. The number of nitrogens with one attached hydrogen (secondary N) is 1. The second-order valence-corrected chi connectivity index (χ2v) is 19.7. The van der Waals surface area contributed by atoms with Crippen LogP contribution in [0.3, 0.4) is 0 Å². The van der Waals surface area contributed by atoms with Crippen LogP contribution in [0.25, 0.3) is 10.8 Å². The second kappa shape index (κ2) is 24.7. The summed E-state index contributed by atoms with van der Waals surface area (Å²) in [5.74, 6) is -1.20. The van der Waals surface area contributed by atoms with Crippen molar-refractivity contribution < 1.29 is 52.4 Å². The van der Waals surface area contributed by atoms with Gasteiger partial charge >= 0.3 is 29.8 Å². The van der Waals surface area contributed by atoms with E-state index in [1.54, 1.807) is 84.9 Å². The maximum absolute atomic E-state index is 13.2. The number of piperidine rings is 1. The number of fused-ring (bicyclic) bond motifs is 1. The molecule has 0 unspecified atom stereocenters. The quantitative estimate of drug-likeness (QED) is 0.0391. The van der Waals surface area contributed by atoms with E-state index in [2.05, 4.69) is 39.9 Å². The second-order valence-electron chi connectivity index (χ2n) is 19.7. The van der Waals surface area contributed by atoms with E-state index in [0.29, 0.717) is 41.7 Å². The first-order valence-electron chi connectivity index (χ1n) is 25.1. The Morgan fingerprint density at radius 1 is 0.417 bits per heavy atom. The average Bonchev–Trinajstić information content (AvgIpc) is 3.35. The molecule has 1 fully saturated rings. The highest BCUT2D eigenvalue weighted by atomic mass is 16.6. The molecule has 1 aliphatic rings. The highest BCUT2D eigenvalue weighted by Crippen LogP contribution is 2.31. The smallest absolute Gasteiger partial charge is 0.343 e. The van der Waals surface area contributed by atoms with Gasteiger partial charge in [-0.25, -0.2) is 24.0 Å². The Bertz CT molecular complexity index is 2780. The Labute approximate surface area is 422 Å². The maximum Gasteiger partial charge on any atom is 0.343 e. The van der Waals surface area contributed by atoms with Gasteiger partial charge in [-0.15, -0.1) is 0 Å². The van der Waals surface area contributed by atoms with Crippen LogP contribution >= 0.6 is 0 Å². The summed E-state index contributed by atoms with van der Waals surface area (Å²) < 4.78 is 34.1. The van der Waals surface area contributed by atoms with Crippen molar-refractivity contribution in [3.05, 3.63) is 161 Å². The van der Waals surface area contributed by atoms with Crippen LogP contribution < -0.4 is 29.0 Å². The molecular weight excluding hydrogens is 911 g/mol. The lowest BCUT2D eigenvalue weighted by atomic mass is 9.81. The van der Waals surface area contributed by atoms with Crippen molar-refractivity contribution in [3.8, 4) is 28.7 Å². The van der Waals surface area contributed by atoms with Gasteiger partial charge in [-0.3, -0.25) is 0 Å². The highest BCUT2D eigenvalue weighted by molar-refractivity contribution is 5.98. The number of unbranched alkanes of at least 4 members (excludes halogenated alkanes) is 9. The molecular formula is C60H65NO11. The first kappa shape index (κ1) is 52.5. The topological polar surface area (TPSA) is 153 Å². The van der Waals surface area contributed by atoms with E-state index < -0.39 is 29.8 Å². The van der Waals surface area contributed by atoms with E-state index in [-0.39, 0.29) is 56.9 Å². The summed E-state index contributed by atoms with van der Waals surface area (Å²) in [6, 6.07) is 35.1. The molecule has 376 valence electrons. The van der Waals surface area contributed by atoms with Crippen LogP contribution in [0.15, 0.2) is 133 Å². The normalized spacial score (nSPS) is 14.0. The van der Waals surface area contributed by atoms with Gasteiger partial charge in [0.15, 0.2) is 0 Å². The number of ether oxygens (including phenoxy) is 6. The van der Waals surface area contributed by atoms with Crippen molar-refractivity contribution in [1.82, 2.24) is 5.32 Å². The molecule has 12 heteroatoms. The molecule has 12 nitrogen and oxygen atoms in total. The van der Waals surface area contributed by atoms with E-state index >= 15 is 0 Å². The average molecular weight is 976 g/mol. The fraction of sp³-hybridized carbons (Fsp3) is 0.350. The molecule has 6 aromatic carbocycles. The van der Waals surface area contributed by atoms with Crippen LogP contribution in [-0.4, -0.2) is 53.6 Å². The summed E-state index contributed by atoms with van der Waals surface area (Å²) in [5.41, 5.74) is 1.09. The summed E-state index contributed by atoms with van der Waals surface area (Å²) in [5, 5.41) is 5.02. The SMILES string of the molecule is CCCCCCCCCCCCOc1ccc(C(=O)Oc2ccc(C(=O)Oc3ccc(C(=O)Oc4ccc5ccc(C(=O)Oc6ccc(C(=O)OC7CC(C)(C)NC(C)(C)C7)cc6)cc5c4)cc3)cc2)cc1. The van der Waals surface area contributed by atoms with Gasteiger partial charge in [0.2, 0.25) is 0 Å². The zero-order chi connectivity index (χ0) is 51.1. The molecule has 0 aliphatic carbocycles. The molecule has 0 amide bonds. The predicted octanol–water partition coefficient (Wildman–Crippen LogP) is 13.5. The summed E-state index contributed by atoms with van der Waals surface area (Å²) in [7, 11) is 0. The molecule has 0 atom stereocenters. The van der Waals surface area contributed by atoms with Crippen molar-refractivity contribution in [2.45, 2.75) is 129 Å². The maximum atomic E-state index is 13.2. The zero-order valence-electron chi connectivity index (χ0n) is 42.0. The summed E-state index contributed by atoms with van der Waals surface area (Å²) >= 11 is 0. The van der Waals surface area contributed by atoms with E-state index in [9.17, 15) is 24.0 Å². The number of carbonyl (C=O) groups is 5. The molecule has 0 radical (unpaired) electrons. The van der Waals surface area contributed by atoms with Gasteiger partial charge in [0.25, 0.3) is 0 Å². The van der Waals surface area contributed by atoms with Crippen molar-refractivity contribution in [1.29, 1.82) is 0 Å². The van der Waals surface area contributed by atoms with E-state index in [1.807, 2.05) is 0 Å². The number of carbonyl (C=O) groups excluding carboxylic acids is 5. The Kier molecular flexibility index (Phi) is 18.0. The minimum Gasteiger partial charge on any atom is -0.494 e. The zero-order valence-corrected chi connectivity index (χ0v) is 42.0. The number of benzene rings is 6. The third-order valence-corrected chi connectivity index (χ3v) is 12.4. The van der Waals surface area contributed by atoms with E-state index in [4.69, 9.17) is 28.4 Å². The Hall–Kier alpha value is -7.31. The van der Waals surface area contributed by atoms with Gasteiger partial charge in [0, 0.05) is 23.9 Å². The molecule has 1 heterocycles. The molecule has 0 aromatic heterocycles. The number of hydrogen-bond donors (Lipinski definition) is 1. The van der Waals surface area contributed by atoms with Gasteiger partial charge in [-0.1, -0.05) is 76.8 Å². The van der Waals surface area contributed by atoms with Gasteiger partial charge < -0.3 is 33.7 Å². The Balaban J connectivity index is 0.835. The first-order chi connectivity index (χ1) is 34.6. The van der Waals surface area contributed by atoms with Crippen molar-refractivity contribution in [2.75, 3.05) is 6.61 Å². The van der Waals surface area contributed by atoms with Crippen molar-refractivity contribution >= 4 is 40.6 Å². The lowest BCUT2D eigenvalue weighted by Crippen LogP contribution is -2.59. The van der Waals surface area contributed by atoms with Crippen LogP contribution in [0.2, 0.25) is 0 Å². The molecule has 7 rings (SSSR count). The Morgan fingerprint density at radius 3 is 1.25 bits per heavy atom. The molecule has 0 spiro atoms. The lowest BCUT2D eigenvalue weighted by molar-refractivity contribution is -0.00643. The summed E-state index contributed by atoms with van der Waals surface area (Å²) in [6.07, 6.45) is 13.7. The van der Waals surface area contributed by atoms with E-state index in [1.165, 1.54) is 99.9 Å². The van der Waals surface area contributed by atoms with Crippen LogP contribution in [-0.2, 0) is 4.74 Å². The minimum atomic E-state index is -0.646. The molecule has 1 N–H and O–H groups in total. The molecule has 1 aliphatic heterocycles. The number of esters is 5. The largest absolute Gasteiger partial charge is 0.494 e. The van der Waals surface area contributed by atoms with Gasteiger partial charge in [0.05, 0.1) is 34.4 Å². The monoisotopic (exact) mass is 975 g/mol. The van der Waals surface area contributed by atoms with Crippen LogP contribution in [0.1, 0.15) is 163 Å². The minimum absolute atomic E-state index is 0.173. The first-order valence-corrected chi connectivity index (χ1v) is 25.1. The highest BCUT2D eigenvalue weighted by Gasteiger charge is 2.39. The van der Waals surface area contributed by atoms with Crippen molar-refractivity contribution in [3.63, 3.8) is 0 Å². The van der Waals surface area contributed by atoms with Crippen LogP contribution in [0.4, 0.5) is 0 Å². The fourth-order valence-corrected chi connectivity index (χ4v) is 9.05. The third-order valence-electron chi connectivity index (χ3n) is 12.4. The van der Waals surface area contributed by atoms with E-state index in [0.717, 1.165) is 18.2 Å². The molecule has 0 bridgehead atoms. The van der Waals surface area contributed by atoms with Crippen LogP contribution in [0, 0.1) is 0 Å². The number of hydrogen-bond acceptors (Lipinski definition) is 12. The fourth-order valence-electron chi connectivity index (χ4n) is 9.05. The molecule has 0 saturated carbocycles. The summed E-state index contributed by atoms with van der Waals surface area (Å²) in [6.45, 7) is 11.2. The predicted molar refractivity (Wildman–Crippen MR) is 277 cm³/mol. The van der Waals surface area contributed by atoms with Crippen LogP contribution in [0.5, 0.6) is 28.7 Å². The Morgan fingerprint density at radius 2 is 0.778 bits per heavy atom. The molecule has 6 aromatic rings. The van der Waals surface area contributed by atoms with Crippen molar-refractivity contribution in [2.24, 2.45) is 0 Å². The molecule has 72 heavy (non-hydrogen) atoms. The van der Waals surface area contributed by atoms with Gasteiger partial charge in [-0.05, 0) is 166 Å². The standard InChI is InChI=1S/C60H65NO11/c1-6-7-8-9-10-11-12-13-14-15-36-67-48-27-19-42(20-28-48)54(62)68-49-29-21-43(22-30-49)55(63)69-50-31-23-44(24-32-50)56(64)71-52-35-18-41-16-17-46(37-47(41)38-52)58(66)70-51-33-25-45(26-34-51)57(65)72-53-39-59(2,3)61-60(4,5)40-53/h16-35,37-38,53,61H,6-15,36,39-40H2,1-5H3. The lowest BCUT2D eigenvalue weighted by Gasteiger charge is -2.45. The number of rotatable bonds is 22. The van der Waals surface area contributed by atoms with Gasteiger partial charge in [-0.2, -0.15) is 0 Å².